The van der Waals surface area contributed by atoms with Crippen LogP contribution in [0.2, 0.25) is 0 Å². The van der Waals surface area contributed by atoms with Crippen LogP contribution in [-0.4, -0.2) is 16.7 Å². The predicted molar refractivity (Wildman–Crippen MR) is 163 cm³/mol. The van der Waals surface area contributed by atoms with Crippen LogP contribution in [0.25, 0.3) is 10.9 Å². The third kappa shape index (κ3) is 5.77. The maximum atomic E-state index is 10.1. The van der Waals surface area contributed by atoms with E-state index in [9.17, 15) is 5.11 Å². The Labute approximate surface area is 239 Å². The van der Waals surface area contributed by atoms with Crippen molar-refractivity contribution in [2.45, 2.75) is 50.4 Å². The van der Waals surface area contributed by atoms with Crippen molar-refractivity contribution in [2.24, 2.45) is 0 Å². The molecule has 3 nitrogen and oxygen atoms in total. The molecule has 0 saturated heterocycles. The number of phenols is 1. The first-order valence-electron chi connectivity index (χ1n) is 14.0. The third-order valence-corrected chi connectivity index (χ3v) is 8.64. The van der Waals surface area contributed by atoms with Gasteiger partial charge in [-0.2, -0.15) is 0 Å². The van der Waals surface area contributed by atoms with Crippen LogP contribution in [0.4, 0.5) is 0 Å². The van der Waals surface area contributed by atoms with E-state index in [1.807, 2.05) is 12.1 Å². The number of aromatic hydroxyl groups is 1. The molecule has 198 valence electrons. The molecule has 0 bridgehead atoms. The summed E-state index contributed by atoms with van der Waals surface area (Å²) in [7, 11) is 0. The monoisotopic (exact) mass is 579 g/mol. The van der Waals surface area contributed by atoms with Gasteiger partial charge in [0.15, 0.2) is 0 Å². The van der Waals surface area contributed by atoms with E-state index in [1.54, 1.807) is 0 Å². The molecule has 0 spiro atoms. The zero-order valence-electron chi connectivity index (χ0n) is 22.1. The van der Waals surface area contributed by atoms with E-state index in [-0.39, 0.29) is 5.92 Å². The second kappa shape index (κ2) is 11.7. The molecule has 1 unspecified atom stereocenters. The van der Waals surface area contributed by atoms with Crippen LogP contribution in [0.3, 0.4) is 0 Å². The minimum Gasteiger partial charge on any atom is -0.508 e. The summed E-state index contributed by atoms with van der Waals surface area (Å²) in [4.78, 5) is 3.38. The van der Waals surface area contributed by atoms with E-state index in [1.165, 1.54) is 38.7 Å². The number of phenolic OH excluding ortho intramolecular Hbond substituents is 1. The first-order chi connectivity index (χ1) is 19.2. The molecule has 0 radical (unpaired) electrons. The van der Waals surface area contributed by atoms with Crippen LogP contribution in [0.5, 0.6) is 11.5 Å². The quantitative estimate of drug-likeness (QED) is 0.171. The highest BCUT2D eigenvalue weighted by atomic mass is 79.9. The highest BCUT2D eigenvalue weighted by molar-refractivity contribution is 9.10. The van der Waals surface area contributed by atoms with Crippen molar-refractivity contribution in [2.75, 3.05) is 6.61 Å². The molecule has 6 rings (SSSR count). The van der Waals surface area contributed by atoms with E-state index >= 15 is 0 Å². The second-order valence-corrected chi connectivity index (χ2v) is 11.6. The molecular weight excluding hydrogens is 546 g/mol. The lowest BCUT2D eigenvalue weighted by molar-refractivity contribution is 0.305. The number of benzene rings is 4. The summed E-state index contributed by atoms with van der Waals surface area (Å²) in [6.07, 6.45) is 8.61. The number of halogens is 1. The lowest BCUT2D eigenvalue weighted by Gasteiger charge is -2.34. The highest BCUT2D eigenvalue weighted by Crippen LogP contribution is 2.47. The summed E-state index contributed by atoms with van der Waals surface area (Å²) in [5.74, 6) is 1.95. The molecule has 5 aromatic rings. The number of hydrogen-bond donors (Lipinski definition) is 2. The molecule has 0 fully saturated rings. The Kier molecular flexibility index (Phi) is 7.74. The van der Waals surface area contributed by atoms with Crippen LogP contribution in [0, 0.1) is 0 Å². The molecule has 2 N–H and O–H groups in total. The Bertz CT molecular complexity index is 1540. The number of aromatic nitrogens is 1. The third-order valence-electron chi connectivity index (χ3n) is 8.14. The summed E-state index contributed by atoms with van der Waals surface area (Å²) >= 11 is 3.59. The fraction of sp³-hybridized carbons (Fsp3) is 0.257. The van der Waals surface area contributed by atoms with Gasteiger partial charge in [-0.15, -0.1) is 0 Å². The first kappa shape index (κ1) is 25.8. The molecule has 1 aromatic heterocycles. The molecule has 1 aliphatic rings. The van der Waals surface area contributed by atoms with Crippen LogP contribution in [-0.2, 0) is 12.8 Å². The van der Waals surface area contributed by atoms with Gasteiger partial charge in [-0.25, -0.2) is 0 Å². The zero-order chi connectivity index (χ0) is 26.6. The molecular formula is C35H34BrNO2. The molecule has 0 aliphatic heterocycles. The van der Waals surface area contributed by atoms with Gasteiger partial charge in [0.2, 0.25) is 0 Å². The van der Waals surface area contributed by atoms with E-state index in [0.717, 1.165) is 55.4 Å². The smallest absolute Gasteiger partial charge is 0.119 e. The molecule has 4 heteroatoms. The largest absolute Gasteiger partial charge is 0.508 e. The molecule has 1 aliphatic carbocycles. The highest BCUT2D eigenvalue weighted by Gasteiger charge is 2.32. The van der Waals surface area contributed by atoms with Gasteiger partial charge in [0, 0.05) is 27.5 Å². The summed E-state index contributed by atoms with van der Waals surface area (Å²) < 4.78 is 7.25. The van der Waals surface area contributed by atoms with E-state index in [4.69, 9.17) is 4.74 Å². The number of ether oxygens (including phenoxy) is 1. The van der Waals surface area contributed by atoms with E-state index < -0.39 is 0 Å². The Morgan fingerprint density at radius 3 is 2.54 bits per heavy atom. The number of unbranched alkanes of at least 4 members (excludes halogenated alkanes) is 2. The SMILES string of the molecule is Oc1ccc2c(c1)CCC(c1ccccc1)[C@@H]2c1ccc(OCCCCCc2c[nH]c3ccc(Br)cc23)cc1. The number of aromatic amines is 1. The van der Waals surface area contributed by atoms with Crippen molar-refractivity contribution in [1.82, 2.24) is 4.98 Å². The van der Waals surface area contributed by atoms with Crippen molar-refractivity contribution in [1.29, 1.82) is 0 Å². The summed E-state index contributed by atoms with van der Waals surface area (Å²) in [5.41, 5.74) is 7.84. The fourth-order valence-electron chi connectivity index (χ4n) is 6.19. The fourth-order valence-corrected chi connectivity index (χ4v) is 6.55. The van der Waals surface area contributed by atoms with Crippen molar-refractivity contribution < 1.29 is 9.84 Å². The maximum absolute atomic E-state index is 10.1. The first-order valence-corrected chi connectivity index (χ1v) is 14.8. The van der Waals surface area contributed by atoms with E-state index in [0.29, 0.717) is 11.7 Å². The standard InChI is InChI=1S/C35H34BrNO2/c36-28-13-19-34-33(22-28)27(23-37-34)9-5-2-6-20-39-30-15-10-25(11-16-30)35-31(24-7-3-1-4-8-24)17-12-26-21-29(38)14-18-32(26)35/h1,3-4,7-8,10-11,13-16,18-19,21-23,31,35,37-38H,2,5-6,9,12,17,20H2/t31?,35-/m0/s1. The Hall–Kier alpha value is -3.50. The van der Waals surface area contributed by atoms with Gasteiger partial charge in [0.25, 0.3) is 0 Å². The number of hydrogen-bond acceptors (Lipinski definition) is 2. The maximum Gasteiger partial charge on any atom is 0.119 e. The van der Waals surface area contributed by atoms with Crippen molar-refractivity contribution in [3.05, 3.63) is 129 Å². The molecule has 0 saturated carbocycles. The molecule has 0 amide bonds. The lowest BCUT2D eigenvalue weighted by Crippen LogP contribution is -2.20. The van der Waals surface area contributed by atoms with Crippen LogP contribution in [0.15, 0.2) is 102 Å². The normalized spacial score (nSPS) is 16.7. The van der Waals surface area contributed by atoms with Gasteiger partial charge in [-0.05, 0) is 115 Å². The Morgan fingerprint density at radius 2 is 1.69 bits per heavy atom. The van der Waals surface area contributed by atoms with Gasteiger partial charge < -0.3 is 14.8 Å². The van der Waals surface area contributed by atoms with Crippen molar-refractivity contribution in [3.63, 3.8) is 0 Å². The Morgan fingerprint density at radius 1 is 0.846 bits per heavy atom. The molecule has 4 aromatic carbocycles. The van der Waals surface area contributed by atoms with Crippen LogP contribution in [0.1, 0.15) is 65.3 Å². The van der Waals surface area contributed by atoms with E-state index in [2.05, 4.69) is 106 Å². The van der Waals surface area contributed by atoms with Gasteiger partial charge in [-0.3, -0.25) is 0 Å². The topological polar surface area (TPSA) is 45.2 Å². The lowest BCUT2D eigenvalue weighted by atomic mass is 9.69. The van der Waals surface area contributed by atoms with Crippen LogP contribution < -0.4 is 4.74 Å². The summed E-state index contributed by atoms with van der Waals surface area (Å²) in [6, 6.07) is 31.8. The summed E-state index contributed by atoms with van der Waals surface area (Å²) in [6.45, 7) is 0.733. The van der Waals surface area contributed by atoms with Crippen molar-refractivity contribution in [3.8, 4) is 11.5 Å². The number of nitrogens with one attached hydrogen (secondary N) is 1. The minimum atomic E-state index is 0.260. The molecule has 2 atom stereocenters. The predicted octanol–water partition coefficient (Wildman–Crippen LogP) is 9.29. The zero-order valence-corrected chi connectivity index (χ0v) is 23.7. The van der Waals surface area contributed by atoms with Gasteiger partial charge >= 0.3 is 0 Å². The summed E-state index contributed by atoms with van der Waals surface area (Å²) in [5, 5.41) is 11.4. The van der Waals surface area contributed by atoms with Crippen molar-refractivity contribution >= 4 is 26.8 Å². The number of fused-ring (bicyclic) bond motifs is 2. The minimum absolute atomic E-state index is 0.260. The van der Waals surface area contributed by atoms with Gasteiger partial charge in [-0.1, -0.05) is 64.5 Å². The average Bonchev–Trinajstić information content (AvgIpc) is 3.37. The number of rotatable bonds is 9. The number of aryl methyl sites for hydroxylation is 2. The molecule has 39 heavy (non-hydrogen) atoms. The Balaban J connectivity index is 1.07. The van der Waals surface area contributed by atoms with Crippen LogP contribution >= 0.6 is 15.9 Å². The number of H-pyrrole nitrogens is 1. The molecule has 1 heterocycles. The average molecular weight is 581 g/mol. The van der Waals surface area contributed by atoms with Gasteiger partial charge in [0.1, 0.15) is 11.5 Å². The second-order valence-electron chi connectivity index (χ2n) is 10.6. The van der Waals surface area contributed by atoms with Gasteiger partial charge in [0.05, 0.1) is 6.61 Å².